The number of carboxylic acids is 1. The van der Waals surface area contributed by atoms with Crippen LogP contribution in [-0.2, 0) is 16.0 Å². The minimum Gasteiger partial charge on any atom is -0.481 e. The second-order valence-corrected chi connectivity index (χ2v) is 6.08. The first-order valence-corrected chi connectivity index (χ1v) is 7.60. The molecule has 0 saturated heterocycles. The van der Waals surface area contributed by atoms with Crippen molar-refractivity contribution in [2.24, 2.45) is 11.3 Å². The van der Waals surface area contributed by atoms with E-state index in [0.29, 0.717) is 6.42 Å². The van der Waals surface area contributed by atoms with Gasteiger partial charge in [0.1, 0.15) is 0 Å². The summed E-state index contributed by atoms with van der Waals surface area (Å²) in [6, 6.07) is 7.47. The van der Waals surface area contributed by atoms with Gasteiger partial charge in [-0.05, 0) is 43.4 Å². The summed E-state index contributed by atoms with van der Waals surface area (Å²) in [5.41, 5.74) is 1.58. The third kappa shape index (κ3) is 3.43. The van der Waals surface area contributed by atoms with Crippen LogP contribution in [0.5, 0.6) is 0 Å². The summed E-state index contributed by atoms with van der Waals surface area (Å²) in [5.74, 6) is -1.08. The van der Waals surface area contributed by atoms with Crippen molar-refractivity contribution in [1.82, 2.24) is 0 Å². The van der Waals surface area contributed by atoms with Gasteiger partial charge in [0, 0.05) is 11.1 Å². The van der Waals surface area contributed by atoms with Crippen molar-refractivity contribution < 1.29 is 14.7 Å². The normalized spacial score (nSPS) is 17.6. The first kappa shape index (κ1) is 15.5. The van der Waals surface area contributed by atoms with Crippen LogP contribution in [-0.4, -0.2) is 17.0 Å². The van der Waals surface area contributed by atoms with Crippen molar-refractivity contribution in [3.63, 3.8) is 0 Å². The number of carbonyl (C=O) groups excluding carboxylic acids is 1. The molecule has 0 aliphatic heterocycles. The van der Waals surface area contributed by atoms with Gasteiger partial charge in [-0.1, -0.05) is 32.4 Å². The quantitative estimate of drug-likeness (QED) is 0.842. The molecule has 21 heavy (non-hydrogen) atoms. The number of carbonyl (C=O) groups is 2. The number of carboxylic acid groups (broad SMARTS) is 1. The molecule has 1 atom stereocenters. The molecule has 0 spiro atoms. The van der Waals surface area contributed by atoms with Crippen molar-refractivity contribution >= 4 is 17.6 Å². The van der Waals surface area contributed by atoms with Crippen molar-refractivity contribution in [2.75, 3.05) is 5.32 Å². The largest absolute Gasteiger partial charge is 0.481 e. The Morgan fingerprint density at radius 3 is 2.33 bits per heavy atom. The molecule has 0 radical (unpaired) electrons. The molecule has 1 saturated carbocycles. The molecule has 0 heterocycles. The summed E-state index contributed by atoms with van der Waals surface area (Å²) in [5, 5.41) is 11.9. The molecule has 1 aliphatic rings. The van der Waals surface area contributed by atoms with E-state index in [-0.39, 0.29) is 11.3 Å². The number of amides is 1. The van der Waals surface area contributed by atoms with Gasteiger partial charge >= 0.3 is 5.97 Å². The predicted molar refractivity (Wildman–Crippen MR) is 82.2 cm³/mol. The lowest BCUT2D eigenvalue weighted by atomic mass is 9.66. The maximum absolute atomic E-state index is 12.3. The minimum absolute atomic E-state index is 0.114. The molecule has 114 valence electrons. The summed E-state index contributed by atoms with van der Waals surface area (Å²) in [4.78, 5) is 23.2. The van der Waals surface area contributed by atoms with Crippen LogP contribution in [0.3, 0.4) is 0 Å². The van der Waals surface area contributed by atoms with Crippen LogP contribution in [0.15, 0.2) is 24.3 Å². The monoisotopic (exact) mass is 289 g/mol. The number of benzene rings is 1. The van der Waals surface area contributed by atoms with Crippen molar-refractivity contribution in [3.8, 4) is 0 Å². The fraction of sp³-hybridized carbons (Fsp3) is 0.529. The Labute approximate surface area is 125 Å². The van der Waals surface area contributed by atoms with Gasteiger partial charge < -0.3 is 10.4 Å². The van der Waals surface area contributed by atoms with E-state index in [1.807, 2.05) is 24.3 Å². The fourth-order valence-electron chi connectivity index (χ4n) is 2.77. The van der Waals surface area contributed by atoms with Crippen LogP contribution >= 0.6 is 0 Å². The number of anilines is 1. The molecular weight excluding hydrogens is 266 g/mol. The molecule has 1 aromatic rings. The molecule has 0 bridgehead atoms. The maximum atomic E-state index is 12.3. The van der Waals surface area contributed by atoms with Gasteiger partial charge in [-0.25, -0.2) is 0 Å². The van der Waals surface area contributed by atoms with E-state index in [0.717, 1.165) is 36.9 Å². The van der Waals surface area contributed by atoms with Crippen LogP contribution in [0, 0.1) is 11.3 Å². The van der Waals surface area contributed by atoms with Crippen LogP contribution in [0.1, 0.15) is 45.1 Å². The molecule has 2 N–H and O–H groups in total. The van der Waals surface area contributed by atoms with Crippen molar-refractivity contribution in [1.29, 1.82) is 0 Å². The summed E-state index contributed by atoms with van der Waals surface area (Å²) < 4.78 is 0. The molecular formula is C17H23NO3. The Morgan fingerprint density at radius 2 is 1.90 bits per heavy atom. The fourth-order valence-corrected chi connectivity index (χ4v) is 2.77. The Hall–Kier alpha value is -1.84. The second kappa shape index (κ2) is 6.29. The Balaban J connectivity index is 1.96. The zero-order valence-corrected chi connectivity index (χ0v) is 12.7. The van der Waals surface area contributed by atoms with Gasteiger partial charge in [0.25, 0.3) is 0 Å². The average Bonchev–Trinajstić information content (AvgIpc) is 2.40. The van der Waals surface area contributed by atoms with Gasteiger partial charge in [0.05, 0.1) is 5.92 Å². The van der Waals surface area contributed by atoms with E-state index in [1.165, 1.54) is 0 Å². The van der Waals surface area contributed by atoms with Gasteiger partial charge in [0.2, 0.25) is 5.91 Å². The highest BCUT2D eigenvalue weighted by molar-refractivity contribution is 5.95. The van der Waals surface area contributed by atoms with E-state index in [4.69, 9.17) is 5.11 Å². The van der Waals surface area contributed by atoms with Crippen LogP contribution < -0.4 is 5.32 Å². The molecule has 1 fully saturated rings. The molecule has 4 nitrogen and oxygen atoms in total. The summed E-state index contributed by atoms with van der Waals surface area (Å²) in [7, 11) is 0. The SMILES string of the molecule is CCC1(C(=O)Nc2ccc(CC(C)C(=O)O)cc2)CCC1. The molecule has 4 heteroatoms. The summed E-state index contributed by atoms with van der Waals surface area (Å²) in [6.07, 6.45) is 4.47. The van der Waals surface area contributed by atoms with E-state index in [2.05, 4.69) is 12.2 Å². The summed E-state index contributed by atoms with van der Waals surface area (Å²) in [6.45, 7) is 3.76. The number of hydrogen-bond acceptors (Lipinski definition) is 2. The molecule has 2 rings (SSSR count). The first-order chi connectivity index (χ1) is 9.97. The lowest BCUT2D eigenvalue weighted by molar-refractivity contribution is -0.141. The van der Waals surface area contributed by atoms with Gasteiger partial charge in [-0.3, -0.25) is 9.59 Å². The van der Waals surface area contributed by atoms with Crippen LogP contribution in [0.25, 0.3) is 0 Å². The summed E-state index contributed by atoms with van der Waals surface area (Å²) >= 11 is 0. The Kier molecular flexibility index (Phi) is 4.66. The van der Waals surface area contributed by atoms with E-state index in [1.54, 1.807) is 6.92 Å². The standard InChI is InChI=1S/C17H23NO3/c1-3-17(9-4-10-17)16(21)18-14-7-5-13(6-8-14)11-12(2)15(19)20/h5-8,12H,3-4,9-11H2,1-2H3,(H,18,21)(H,19,20). The Morgan fingerprint density at radius 1 is 1.29 bits per heavy atom. The highest BCUT2D eigenvalue weighted by Gasteiger charge is 2.42. The molecule has 1 aromatic carbocycles. The number of hydrogen-bond donors (Lipinski definition) is 2. The second-order valence-electron chi connectivity index (χ2n) is 6.08. The third-order valence-electron chi connectivity index (χ3n) is 4.64. The van der Waals surface area contributed by atoms with Crippen LogP contribution in [0.4, 0.5) is 5.69 Å². The highest BCUT2D eigenvalue weighted by Crippen LogP contribution is 2.44. The topological polar surface area (TPSA) is 66.4 Å². The maximum Gasteiger partial charge on any atom is 0.306 e. The smallest absolute Gasteiger partial charge is 0.306 e. The predicted octanol–water partition coefficient (Wildman–Crippen LogP) is 3.47. The van der Waals surface area contributed by atoms with Gasteiger partial charge in [-0.15, -0.1) is 0 Å². The molecule has 0 aromatic heterocycles. The number of nitrogens with one attached hydrogen (secondary N) is 1. The van der Waals surface area contributed by atoms with Crippen molar-refractivity contribution in [2.45, 2.75) is 46.0 Å². The molecule has 1 aliphatic carbocycles. The Bertz CT molecular complexity index is 512. The average molecular weight is 289 g/mol. The lowest BCUT2D eigenvalue weighted by Crippen LogP contribution is -2.41. The van der Waals surface area contributed by atoms with Crippen LogP contribution in [0.2, 0.25) is 0 Å². The third-order valence-corrected chi connectivity index (χ3v) is 4.64. The van der Waals surface area contributed by atoms with Crippen molar-refractivity contribution in [3.05, 3.63) is 29.8 Å². The van der Waals surface area contributed by atoms with E-state index >= 15 is 0 Å². The highest BCUT2D eigenvalue weighted by atomic mass is 16.4. The zero-order valence-electron chi connectivity index (χ0n) is 12.7. The number of aliphatic carboxylic acids is 1. The lowest BCUT2D eigenvalue weighted by Gasteiger charge is -2.39. The first-order valence-electron chi connectivity index (χ1n) is 7.60. The number of rotatable bonds is 6. The van der Waals surface area contributed by atoms with Gasteiger partial charge in [0.15, 0.2) is 0 Å². The van der Waals surface area contributed by atoms with Gasteiger partial charge in [-0.2, -0.15) is 0 Å². The zero-order chi connectivity index (χ0) is 15.5. The van der Waals surface area contributed by atoms with E-state index in [9.17, 15) is 9.59 Å². The van der Waals surface area contributed by atoms with E-state index < -0.39 is 11.9 Å². The molecule has 1 unspecified atom stereocenters. The minimum atomic E-state index is -0.790. The molecule has 1 amide bonds.